The van der Waals surface area contributed by atoms with Crippen molar-refractivity contribution in [2.75, 3.05) is 0 Å². The van der Waals surface area contributed by atoms with Crippen molar-refractivity contribution < 1.29 is 20.1 Å². The van der Waals surface area contributed by atoms with Crippen molar-refractivity contribution in [3.63, 3.8) is 0 Å². The summed E-state index contributed by atoms with van der Waals surface area (Å²) in [5.41, 5.74) is -1.10. The Morgan fingerprint density at radius 3 is 2.48 bits per heavy atom. The van der Waals surface area contributed by atoms with E-state index in [-0.39, 0.29) is 40.4 Å². The number of carbonyl (C=O) groups excluding carboxylic acids is 1. The molecule has 0 aromatic rings. The second-order valence-corrected chi connectivity index (χ2v) is 14.0. The van der Waals surface area contributed by atoms with Crippen LogP contribution in [0.4, 0.5) is 0 Å². The number of fused-ring (bicyclic) bond motifs is 5. The van der Waals surface area contributed by atoms with E-state index in [2.05, 4.69) is 27.7 Å². The van der Waals surface area contributed by atoms with E-state index in [4.69, 9.17) is 0 Å². The van der Waals surface area contributed by atoms with Gasteiger partial charge in [0.2, 0.25) is 0 Å². The summed E-state index contributed by atoms with van der Waals surface area (Å²) in [5.74, 6) is 3.67. The Labute approximate surface area is 200 Å². The Hall–Kier alpha value is -0.450. The minimum Gasteiger partial charge on any atom is -0.393 e. The molecule has 5 saturated carbocycles. The zero-order valence-corrected chi connectivity index (χ0v) is 21.6. The number of aliphatic hydroxyl groups excluding tert-OH is 2. The summed E-state index contributed by atoms with van der Waals surface area (Å²) < 4.78 is 0. The van der Waals surface area contributed by atoms with Crippen molar-refractivity contribution in [3.05, 3.63) is 0 Å². The fraction of sp³-hybridized carbons (Fsp3) is 0.966. The fourth-order valence-electron chi connectivity index (χ4n) is 10.0. The fourth-order valence-corrected chi connectivity index (χ4v) is 10.0. The van der Waals surface area contributed by atoms with Crippen LogP contribution in [-0.2, 0) is 4.79 Å². The molecule has 5 aliphatic rings. The summed E-state index contributed by atoms with van der Waals surface area (Å²) in [5, 5.41) is 34.9. The highest BCUT2D eigenvalue weighted by atomic mass is 16.3. The minimum absolute atomic E-state index is 0.0388. The molecule has 0 heterocycles. The number of rotatable bonds is 5. The first-order valence-corrected chi connectivity index (χ1v) is 14.0. The van der Waals surface area contributed by atoms with Crippen LogP contribution in [0.3, 0.4) is 0 Å². The number of aliphatic hydroxyl groups is 3. The molecule has 33 heavy (non-hydrogen) atoms. The van der Waals surface area contributed by atoms with Gasteiger partial charge in [0.1, 0.15) is 5.78 Å². The summed E-state index contributed by atoms with van der Waals surface area (Å²) in [6, 6.07) is 0. The van der Waals surface area contributed by atoms with Crippen LogP contribution in [0.1, 0.15) is 98.8 Å². The van der Waals surface area contributed by atoms with Crippen LogP contribution in [0.5, 0.6) is 0 Å². The van der Waals surface area contributed by atoms with Crippen LogP contribution in [0, 0.1) is 58.2 Å². The van der Waals surface area contributed by atoms with Crippen molar-refractivity contribution in [2.45, 2.75) is 117 Å². The molecule has 4 nitrogen and oxygen atoms in total. The van der Waals surface area contributed by atoms with E-state index >= 15 is 0 Å². The number of ketones is 1. The molecule has 0 aliphatic heterocycles. The molecular weight excluding hydrogens is 412 g/mol. The zero-order chi connectivity index (χ0) is 23.9. The Morgan fingerprint density at radius 1 is 1.12 bits per heavy atom. The molecule has 0 unspecified atom stereocenters. The molecule has 3 N–H and O–H groups in total. The van der Waals surface area contributed by atoms with E-state index in [1.54, 1.807) is 0 Å². The van der Waals surface area contributed by atoms with Gasteiger partial charge >= 0.3 is 0 Å². The summed E-state index contributed by atoms with van der Waals surface area (Å²) in [7, 11) is 0. The SMILES string of the molecule is C[C@H](CC[C@@](C)(O)[C@H]1CC[C@H]2[C@@H]3[C@H](O)C[C@H]4CC(=O)CC[C@]4(C)[C@H]3C[C@@H](O)[C@@]21C)[C@@H]1C[C@H]1C. The molecule has 0 aromatic carbocycles. The molecule has 0 radical (unpaired) electrons. The molecular formula is C29H48O4. The maximum atomic E-state index is 12.2. The third-order valence-corrected chi connectivity index (χ3v) is 12.4. The third kappa shape index (κ3) is 3.68. The lowest BCUT2D eigenvalue weighted by Crippen LogP contribution is -2.63. The molecule has 13 atom stereocenters. The van der Waals surface area contributed by atoms with Crippen molar-refractivity contribution in [3.8, 4) is 0 Å². The Morgan fingerprint density at radius 2 is 1.82 bits per heavy atom. The highest BCUT2D eigenvalue weighted by molar-refractivity contribution is 5.79. The van der Waals surface area contributed by atoms with Crippen LogP contribution in [0.15, 0.2) is 0 Å². The molecule has 5 fully saturated rings. The topological polar surface area (TPSA) is 77.8 Å². The molecule has 5 aliphatic carbocycles. The van der Waals surface area contributed by atoms with Crippen molar-refractivity contribution in [1.82, 2.24) is 0 Å². The Bertz CT molecular complexity index is 778. The average Bonchev–Trinajstić information content (AvgIpc) is 3.36. The van der Waals surface area contributed by atoms with Gasteiger partial charge in [-0.25, -0.2) is 0 Å². The van der Waals surface area contributed by atoms with Crippen LogP contribution < -0.4 is 0 Å². The molecule has 0 bridgehead atoms. The van der Waals surface area contributed by atoms with Gasteiger partial charge < -0.3 is 15.3 Å². The van der Waals surface area contributed by atoms with Gasteiger partial charge in [0, 0.05) is 18.3 Å². The first-order valence-electron chi connectivity index (χ1n) is 14.0. The first kappa shape index (κ1) is 24.3. The van der Waals surface area contributed by atoms with Gasteiger partial charge in [-0.2, -0.15) is 0 Å². The maximum Gasteiger partial charge on any atom is 0.133 e. The molecule has 0 saturated heterocycles. The summed E-state index contributed by atoms with van der Waals surface area (Å²) in [6.45, 7) is 11.3. The average molecular weight is 461 g/mol. The largest absolute Gasteiger partial charge is 0.393 e. The smallest absolute Gasteiger partial charge is 0.133 e. The van der Waals surface area contributed by atoms with E-state index < -0.39 is 17.8 Å². The normalized spacial score (nSPS) is 54.1. The Balaban J connectivity index is 1.37. The second-order valence-electron chi connectivity index (χ2n) is 14.0. The van der Waals surface area contributed by atoms with E-state index in [0.717, 1.165) is 50.4 Å². The summed E-state index contributed by atoms with van der Waals surface area (Å²) in [6.07, 6.45) is 7.85. The Kier molecular flexibility index (Phi) is 5.90. The van der Waals surface area contributed by atoms with Gasteiger partial charge in [-0.3, -0.25) is 4.79 Å². The summed E-state index contributed by atoms with van der Waals surface area (Å²) >= 11 is 0. The lowest BCUT2D eigenvalue weighted by molar-refractivity contribution is -0.212. The number of Topliss-reactive ketones (excluding diaryl/α,β-unsaturated/α-hetero) is 1. The van der Waals surface area contributed by atoms with Gasteiger partial charge in [0.25, 0.3) is 0 Å². The quantitative estimate of drug-likeness (QED) is 0.541. The molecule has 4 heteroatoms. The number of hydrogen-bond acceptors (Lipinski definition) is 4. The van der Waals surface area contributed by atoms with E-state index in [1.807, 2.05) is 6.92 Å². The number of carbonyl (C=O) groups is 1. The molecule has 188 valence electrons. The molecule has 5 rings (SSSR count). The molecule has 0 amide bonds. The molecule has 0 aromatic heterocycles. The monoisotopic (exact) mass is 460 g/mol. The van der Waals surface area contributed by atoms with Gasteiger partial charge in [-0.05, 0) is 111 Å². The zero-order valence-electron chi connectivity index (χ0n) is 21.6. The van der Waals surface area contributed by atoms with E-state index in [1.165, 1.54) is 6.42 Å². The first-order chi connectivity index (χ1) is 15.4. The van der Waals surface area contributed by atoms with Crippen molar-refractivity contribution >= 4 is 5.78 Å². The van der Waals surface area contributed by atoms with Gasteiger partial charge in [-0.1, -0.05) is 27.7 Å². The van der Waals surface area contributed by atoms with Crippen LogP contribution in [-0.4, -0.2) is 38.9 Å². The van der Waals surface area contributed by atoms with Gasteiger partial charge in [-0.15, -0.1) is 0 Å². The predicted molar refractivity (Wildman–Crippen MR) is 129 cm³/mol. The highest BCUT2D eigenvalue weighted by Crippen LogP contribution is 2.68. The van der Waals surface area contributed by atoms with Crippen molar-refractivity contribution in [1.29, 1.82) is 0 Å². The lowest BCUT2D eigenvalue weighted by Gasteiger charge is -2.63. The summed E-state index contributed by atoms with van der Waals surface area (Å²) in [4.78, 5) is 12.2. The van der Waals surface area contributed by atoms with E-state index in [9.17, 15) is 20.1 Å². The van der Waals surface area contributed by atoms with Crippen molar-refractivity contribution in [2.24, 2.45) is 58.2 Å². The van der Waals surface area contributed by atoms with E-state index in [0.29, 0.717) is 31.0 Å². The van der Waals surface area contributed by atoms with Gasteiger partial charge in [0.05, 0.1) is 17.8 Å². The number of hydrogen-bond donors (Lipinski definition) is 3. The van der Waals surface area contributed by atoms with Crippen LogP contribution >= 0.6 is 0 Å². The highest BCUT2D eigenvalue weighted by Gasteiger charge is 2.67. The van der Waals surface area contributed by atoms with Crippen LogP contribution in [0.2, 0.25) is 0 Å². The van der Waals surface area contributed by atoms with Gasteiger partial charge in [0.15, 0.2) is 0 Å². The second kappa shape index (κ2) is 8.03. The predicted octanol–water partition coefficient (Wildman–Crippen LogP) is 4.98. The minimum atomic E-state index is -0.785. The maximum absolute atomic E-state index is 12.2. The lowest BCUT2D eigenvalue weighted by atomic mass is 9.43. The third-order valence-electron chi connectivity index (χ3n) is 12.4. The molecule has 0 spiro atoms. The van der Waals surface area contributed by atoms with Crippen LogP contribution in [0.25, 0.3) is 0 Å². The standard InChI is InChI=1S/C29H48O4/c1-16(20-12-17(20)2)8-11-28(4,33)24-7-6-21-26-22(15-25(32)29(21,24)5)27(3)10-9-19(30)13-18(27)14-23(26)31/h16-18,20-26,31-33H,6-15H2,1-5H3/t16-,17-,18-,20+,21+,22+,23-,24-,25-,26+,27+,28-,29+/m1/s1.